The van der Waals surface area contributed by atoms with Gasteiger partial charge in [-0.05, 0) is 24.3 Å². The van der Waals surface area contributed by atoms with E-state index in [1.807, 2.05) is 0 Å². The van der Waals surface area contributed by atoms with Crippen molar-refractivity contribution in [2.24, 2.45) is 0 Å². The van der Waals surface area contributed by atoms with Crippen molar-refractivity contribution in [2.75, 3.05) is 19.6 Å². The summed E-state index contributed by atoms with van der Waals surface area (Å²) in [6.07, 6.45) is 0. The van der Waals surface area contributed by atoms with E-state index in [1.165, 1.54) is 28.8 Å². The summed E-state index contributed by atoms with van der Waals surface area (Å²) < 4.78 is 14.4. The molecular weight excluding hydrogens is 291 g/mol. The number of Topliss-reactive ketones (excluding diaryl/α,β-unsaturated/α-hetero) is 1. The van der Waals surface area contributed by atoms with E-state index < -0.39 is 17.8 Å². The van der Waals surface area contributed by atoms with E-state index in [0.29, 0.717) is 19.0 Å². The zero-order chi connectivity index (χ0) is 15.7. The molecule has 0 spiro atoms. The molecule has 1 saturated heterocycles. The molecule has 8 heteroatoms. The second-order valence-corrected chi connectivity index (χ2v) is 5.02. The van der Waals surface area contributed by atoms with Gasteiger partial charge in [-0.2, -0.15) is 0 Å². The minimum atomic E-state index is -0.918. The van der Waals surface area contributed by atoms with E-state index in [1.54, 1.807) is 0 Å². The number of hydrogen-bond donors (Lipinski definition) is 3. The standard InChI is InChI=1S/C14H13FN4O3/c15-9-3-1-8(2-4-9)12(21)18-14-17-7-10(20)11-13(22)16-5-6-19(11)14/h1-4,11H,5-7H2,(H2,16,17,18,21,22)/p+1/t11-/m1/s1. The van der Waals surface area contributed by atoms with Gasteiger partial charge in [0.1, 0.15) is 12.4 Å². The van der Waals surface area contributed by atoms with Gasteiger partial charge in [-0.15, -0.1) is 0 Å². The first-order valence-corrected chi connectivity index (χ1v) is 6.81. The second-order valence-electron chi connectivity index (χ2n) is 5.02. The van der Waals surface area contributed by atoms with Crippen molar-refractivity contribution in [3.05, 3.63) is 35.6 Å². The first-order valence-electron chi connectivity index (χ1n) is 6.81. The van der Waals surface area contributed by atoms with Crippen LogP contribution < -0.4 is 16.0 Å². The molecule has 0 radical (unpaired) electrons. The van der Waals surface area contributed by atoms with Gasteiger partial charge in [-0.1, -0.05) is 0 Å². The monoisotopic (exact) mass is 305 g/mol. The van der Waals surface area contributed by atoms with Gasteiger partial charge >= 0.3 is 11.9 Å². The van der Waals surface area contributed by atoms with E-state index in [2.05, 4.69) is 16.0 Å². The number of ketones is 1. The van der Waals surface area contributed by atoms with Gasteiger partial charge < -0.3 is 5.32 Å². The third kappa shape index (κ3) is 2.54. The highest BCUT2D eigenvalue weighted by Crippen LogP contribution is 2.05. The maximum absolute atomic E-state index is 12.9. The van der Waals surface area contributed by atoms with Crippen molar-refractivity contribution in [1.82, 2.24) is 16.0 Å². The second kappa shape index (κ2) is 5.55. The Balaban J connectivity index is 1.85. The molecule has 0 saturated carbocycles. The van der Waals surface area contributed by atoms with Gasteiger partial charge in [0.15, 0.2) is 0 Å². The molecule has 0 bridgehead atoms. The first-order chi connectivity index (χ1) is 10.6. The highest BCUT2D eigenvalue weighted by atomic mass is 19.1. The number of benzene rings is 1. The van der Waals surface area contributed by atoms with Gasteiger partial charge in [-0.3, -0.25) is 19.7 Å². The third-order valence-corrected chi connectivity index (χ3v) is 3.57. The SMILES string of the molecule is O=C(NC1=[N+]2CCNC(=O)[C@H]2C(=O)CN1)c1ccc(F)cc1. The molecular formula is C14H14FN4O3+. The van der Waals surface area contributed by atoms with Crippen molar-refractivity contribution in [1.29, 1.82) is 0 Å². The number of carbonyl (C=O) groups is 3. The zero-order valence-corrected chi connectivity index (χ0v) is 11.6. The number of halogens is 1. The molecule has 1 aromatic rings. The Bertz CT molecular complexity index is 684. The number of hydrogen-bond acceptors (Lipinski definition) is 4. The number of guanidine groups is 1. The number of nitrogens with zero attached hydrogens (tertiary/aromatic N) is 1. The highest BCUT2D eigenvalue weighted by Gasteiger charge is 2.41. The van der Waals surface area contributed by atoms with E-state index in [0.717, 1.165) is 0 Å². The van der Waals surface area contributed by atoms with Gasteiger partial charge in [-0.25, -0.2) is 14.3 Å². The molecule has 1 fully saturated rings. The lowest BCUT2D eigenvalue weighted by molar-refractivity contribution is -0.549. The van der Waals surface area contributed by atoms with Gasteiger partial charge in [0.25, 0.3) is 5.91 Å². The lowest BCUT2D eigenvalue weighted by atomic mass is 10.1. The molecule has 1 atom stereocenters. The molecule has 0 aromatic heterocycles. The van der Waals surface area contributed by atoms with Gasteiger partial charge in [0.05, 0.1) is 12.1 Å². The molecule has 2 aliphatic rings. The van der Waals surface area contributed by atoms with Crippen LogP contribution in [0.3, 0.4) is 0 Å². The number of amides is 2. The Hall–Kier alpha value is -2.77. The molecule has 3 N–H and O–H groups in total. The minimum Gasteiger partial charge on any atom is -0.349 e. The molecule has 7 nitrogen and oxygen atoms in total. The Labute approximate surface area is 125 Å². The number of rotatable bonds is 1. The lowest BCUT2D eigenvalue weighted by Crippen LogP contribution is -2.65. The molecule has 0 aliphatic carbocycles. The fraction of sp³-hybridized carbons (Fsp3) is 0.286. The summed E-state index contributed by atoms with van der Waals surface area (Å²) in [5, 5.41) is 8.07. The zero-order valence-electron chi connectivity index (χ0n) is 11.6. The first kappa shape index (κ1) is 14.2. The Morgan fingerprint density at radius 2 is 1.95 bits per heavy atom. The van der Waals surface area contributed by atoms with Crippen LogP contribution in [-0.2, 0) is 9.59 Å². The van der Waals surface area contributed by atoms with Crippen LogP contribution in [0.5, 0.6) is 0 Å². The van der Waals surface area contributed by atoms with Crippen molar-refractivity contribution in [3.8, 4) is 0 Å². The summed E-state index contributed by atoms with van der Waals surface area (Å²) >= 11 is 0. The van der Waals surface area contributed by atoms with E-state index in [9.17, 15) is 18.8 Å². The Morgan fingerprint density at radius 3 is 2.68 bits per heavy atom. The van der Waals surface area contributed by atoms with Crippen LogP contribution in [0, 0.1) is 5.82 Å². The maximum Gasteiger partial charge on any atom is 0.354 e. The van der Waals surface area contributed by atoms with Crippen LogP contribution in [0.4, 0.5) is 4.39 Å². The molecule has 0 unspecified atom stereocenters. The molecule has 2 aliphatic heterocycles. The normalized spacial score (nSPS) is 20.9. The molecule has 2 heterocycles. The molecule has 3 rings (SSSR count). The molecule has 114 valence electrons. The fourth-order valence-corrected chi connectivity index (χ4v) is 2.49. The van der Waals surface area contributed by atoms with Crippen LogP contribution in [0.15, 0.2) is 24.3 Å². The lowest BCUT2D eigenvalue weighted by Gasteiger charge is -2.28. The van der Waals surface area contributed by atoms with Gasteiger partial charge in [0, 0.05) is 6.54 Å². The van der Waals surface area contributed by atoms with Crippen molar-refractivity contribution < 1.29 is 23.3 Å². The third-order valence-electron chi connectivity index (χ3n) is 3.57. The molecule has 1 aromatic carbocycles. The van der Waals surface area contributed by atoms with E-state index >= 15 is 0 Å². The van der Waals surface area contributed by atoms with Crippen LogP contribution in [0.2, 0.25) is 0 Å². The quantitative estimate of drug-likeness (QED) is 0.439. The Kier molecular flexibility index (Phi) is 3.58. The summed E-state index contributed by atoms with van der Waals surface area (Å²) in [5.41, 5.74) is 0.283. The van der Waals surface area contributed by atoms with Crippen molar-refractivity contribution in [2.45, 2.75) is 6.04 Å². The van der Waals surface area contributed by atoms with Crippen LogP contribution in [0.1, 0.15) is 10.4 Å². The maximum atomic E-state index is 12.9. The number of fused-ring (bicyclic) bond motifs is 1. The average molecular weight is 305 g/mol. The Morgan fingerprint density at radius 1 is 1.23 bits per heavy atom. The summed E-state index contributed by atoms with van der Waals surface area (Å²) in [4.78, 5) is 35.8. The highest BCUT2D eigenvalue weighted by molar-refractivity contribution is 6.10. The average Bonchev–Trinajstić information content (AvgIpc) is 2.50. The summed E-state index contributed by atoms with van der Waals surface area (Å²) in [6, 6.07) is 4.18. The van der Waals surface area contributed by atoms with Crippen molar-refractivity contribution in [3.63, 3.8) is 0 Å². The molecule has 22 heavy (non-hydrogen) atoms. The summed E-state index contributed by atoms with van der Waals surface area (Å²) in [7, 11) is 0. The smallest absolute Gasteiger partial charge is 0.349 e. The predicted molar refractivity (Wildman–Crippen MR) is 73.8 cm³/mol. The summed E-state index contributed by atoms with van der Waals surface area (Å²) in [6.45, 7) is 0.766. The van der Waals surface area contributed by atoms with Gasteiger partial charge in [0.2, 0.25) is 11.8 Å². The van der Waals surface area contributed by atoms with Crippen molar-refractivity contribution >= 4 is 23.6 Å². The number of carbonyl (C=O) groups excluding carboxylic acids is 3. The largest absolute Gasteiger partial charge is 0.354 e. The summed E-state index contributed by atoms with van der Waals surface area (Å²) in [5.74, 6) is -1.18. The topological polar surface area (TPSA) is 90.3 Å². The molecule has 2 amide bonds. The minimum absolute atomic E-state index is 0.0341. The van der Waals surface area contributed by atoms with E-state index in [4.69, 9.17) is 0 Å². The van der Waals surface area contributed by atoms with Crippen LogP contribution in [-0.4, -0.2) is 53.8 Å². The number of piperazine rings is 1. The number of nitrogens with one attached hydrogen (secondary N) is 3. The van der Waals surface area contributed by atoms with E-state index in [-0.39, 0.29) is 23.8 Å². The van der Waals surface area contributed by atoms with Crippen LogP contribution >= 0.6 is 0 Å². The fourth-order valence-electron chi connectivity index (χ4n) is 2.49. The van der Waals surface area contributed by atoms with Crippen LogP contribution in [0.25, 0.3) is 0 Å². The predicted octanol–water partition coefficient (Wildman–Crippen LogP) is -1.41.